The number of nitrogens with zero attached hydrogens (tertiary/aromatic N) is 1. The predicted molar refractivity (Wildman–Crippen MR) is 65.9 cm³/mol. The number of carbonyl (C=O) groups excluding carboxylic acids is 1. The standard InChI is InChI=1S/C13H12N2O3/c16-8-15-12(7-13(17)18)10-3-4-11-9(6-10)2-1-5-14-11/h1-6,8,12H,7H2,(H,15,16)(H,17,18)/t12-/m1/s1. The summed E-state index contributed by atoms with van der Waals surface area (Å²) in [6.07, 6.45) is 2.06. The molecule has 2 aromatic rings. The Kier molecular flexibility index (Phi) is 3.52. The van der Waals surface area contributed by atoms with E-state index in [2.05, 4.69) is 10.3 Å². The van der Waals surface area contributed by atoms with Gasteiger partial charge in [-0.2, -0.15) is 0 Å². The van der Waals surface area contributed by atoms with E-state index in [0.717, 1.165) is 16.5 Å². The number of fused-ring (bicyclic) bond motifs is 1. The molecule has 18 heavy (non-hydrogen) atoms. The van der Waals surface area contributed by atoms with Crippen molar-refractivity contribution in [2.75, 3.05) is 0 Å². The molecule has 1 amide bonds. The van der Waals surface area contributed by atoms with Crippen LogP contribution < -0.4 is 5.32 Å². The van der Waals surface area contributed by atoms with E-state index in [1.165, 1.54) is 0 Å². The average Bonchev–Trinajstić information content (AvgIpc) is 2.37. The number of carboxylic acid groups (broad SMARTS) is 1. The van der Waals surface area contributed by atoms with Gasteiger partial charge in [0.1, 0.15) is 0 Å². The van der Waals surface area contributed by atoms with Gasteiger partial charge in [0.25, 0.3) is 0 Å². The predicted octanol–water partition coefficient (Wildman–Crippen LogP) is 1.50. The maximum absolute atomic E-state index is 10.8. The monoisotopic (exact) mass is 244 g/mol. The van der Waals surface area contributed by atoms with Crippen LogP contribution in [0.4, 0.5) is 0 Å². The van der Waals surface area contributed by atoms with Crippen LogP contribution in [0.3, 0.4) is 0 Å². The van der Waals surface area contributed by atoms with Crippen molar-refractivity contribution in [1.82, 2.24) is 10.3 Å². The lowest BCUT2D eigenvalue weighted by atomic mass is 10.0. The van der Waals surface area contributed by atoms with E-state index in [1.54, 1.807) is 12.3 Å². The van der Waals surface area contributed by atoms with E-state index in [9.17, 15) is 9.59 Å². The largest absolute Gasteiger partial charge is 0.481 e. The van der Waals surface area contributed by atoms with Crippen LogP contribution in [0.2, 0.25) is 0 Å². The van der Waals surface area contributed by atoms with Gasteiger partial charge in [-0.15, -0.1) is 0 Å². The van der Waals surface area contributed by atoms with Crippen LogP contribution in [0.1, 0.15) is 18.0 Å². The molecule has 5 heteroatoms. The summed E-state index contributed by atoms with van der Waals surface area (Å²) in [5, 5.41) is 12.2. The summed E-state index contributed by atoms with van der Waals surface area (Å²) in [4.78, 5) is 25.5. The molecule has 0 aliphatic rings. The fourth-order valence-electron chi connectivity index (χ4n) is 1.84. The zero-order valence-electron chi connectivity index (χ0n) is 9.54. The van der Waals surface area contributed by atoms with Crippen LogP contribution in [-0.2, 0) is 9.59 Å². The summed E-state index contributed by atoms with van der Waals surface area (Å²) >= 11 is 0. The van der Waals surface area contributed by atoms with E-state index < -0.39 is 12.0 Å². The van der Waals surface area contributed by atoms with E-state index in [0.29, 0.717) is 6.41 Å². The minimum atomic E-state index is -0.958. The van der Waals surface area contributed by atoms with Crippen molar-refractivity contribution in [3.8, 4) is 0 Å². The smallest absolute Gasteiger partial charge is 0.305 e. The maximum atomic E-state index is 10.8. The molecule has 2 rings (SSSR count). The number of nitrogens with one attached hydrogen (secondary N) is 1. The van der Waals surface area contributed by atoms with Crippen molar-refractivity contribution < 1.29 is 14.7 Å². The Labute approximate surface area is 103 Å². The Balaban J connectivity index is 2.37. The number of rotatable bonds is 5. The molecular weight excluding hydrogens is 232 g/mol. The van der Waals surface area contributed by atoms with E-state index in [4.69, 9.17) is 5.11 Å². The first-order valence-corrected chi connectivity index (χ1v) is 5.47. The Bertz CT molecular complexity index is 583. The third-order valence-electron chi connectivity index (χ3n) is 2.68. The molecule has 0 spiro atoms. The molecule has 5 nitrogen and oxygen atoms in total. The van der Waals surface area contributed by atoms with Gasteiger partial charge in [-0.05, 0) is 23.8 Å². The lowest BCUT2D eigenvalue weighted by Crippen LogP contribution is -2.22. The third kappa shape index (κ3) is 2.63. The third-order valence-corrected chi connectivity index (χ3v) is 2.68. The fourth-order valence-corrected chi connectivity index (χ4v) is 1.84. The molecule has 0 radical (unpaired) electrons. The Hall–Kier alpha value is -2.43. The number of carboxylic acids is 1. The molecule has 0 saturated carbocycles. The van der Waals surface area contributed by atoms with Crippen molar-refractivity contribution in [3.05, 3.63) is 42.1 Å². The van der Waals surface area contributed by atoms with Crippen LogP contribution in [-0.4, -0.2) is 22.5 Å². The van der Waals surface area contributed by atoms with E-state index in [-0.39, 0.29) is 6.42 Å². The van der Waals surface area contributed by atoms with Crippen molar-refractivity contribution in [2.24, 2.45) is 0 Å². The molecular formula is C13H12N2O3. The highest BCUT2D eigenvalue weighted by atomic mass is 16.4. The minimum absolute atomic E-state index is 0.148. The van der Waals surface area contributed by atoms with Gasteiger partial charge in [0, 0.05) is 11.6 Å². The van der Waals surface area contributed by atoms with E-state index in [1.807, 2.05) is 24.3 Å². The quantitative estimate of drug-likeness (QED) is 0.781. The highest BCUT2D eigenvalue weighted by molar-refractivity contribution is 5.79. The topological polar surface area (TPSA) is 79.3 Å². The Morgan fingerprint density at radius 1 is 1.44 bits per heavy atom. The highest BCUT2D eigenvalue weighted by Gasteiger charge is 2.14. The molecule has 0 unspecified atom stereocenters. The van der Waals surface area contributed by atoms with Crippen molar-refractivity contribution in [3.63, 3.8) is 0 Å². The molecule has 0 bridgehead atoms. The zero-order chi connectivity index (χ0) is 13.0. The molecule has 0 fully saturated rings. The second kappa shape index (κ2) is 5.27. The first kappa shape index (κ1) is 12.0. The number of carbonyl (C=O) groups is 2. The number of hydrogen-bond acceptors (Lipinski definition) is 3. The van der Waals surface area contributed by atoms with Crippen LogP contribution in [0.25, 0.3) is 10.9 Å². The van der Waals surface area contributed by atoms with Crippen LogP contribution in [0.5, 0.6) is 0 Å². The molecule has 2 N–H and O–H groups in total. The second-order valence-corrected chi connectivity index (χ2v) is 3.89. The summed E-state index contributed by atoms with van der Waals surface area (Å²) in [6, 6.07) is 8.61. The van der Waals surface area contributed by atoms with Gasteiger partial charge in [-0.1, -0.05) is 12.1 Å². The Morgan fingerprint density at radius 2 is 2.28 bits per heavy atom. The number of aromatic nitrogens is 1. The van der Waals surface area contributed by atoms with Crippen LogP contribution in [0.15, 0.2) is 36.5 Å². The molecule has 0 aliphatic heterocycles. The highest BCUT2D eigenvalue weighted by Crippen LogP contribution is 2.21. The van der Waals surface area contributed by atoms with Gasteiger partial charge >= 0.3 is 5.97 Å². The normalized spacial score (nSPS) is 12.0. The van der Waals surface area contributed by atoms with Crippen molar-refractivity contribution in [2.45, 2.75) is 12.5 Å². The molecule has 1 aromatic carbocycles. The molecule has 1 atom stereocenters. The number of benzene rings is 1. The average molecular weight is 244 g/mol. The number of hydrogen-bond donors (Lipinski definition) is 2. The summed E-state index contributed by atoms with van der Waals surface area (Å²) in [5.41, 5.74) is 1.59. The van der Waals surface area contributed by atoms with Crippen molar-refractivity contribution >= 4 is 23.3 Å². The zero-order valence-corrected chi connectivity index (χ0v) is 9.54. The van der Waals surface area contributed by atoms with Gasteiger partial charge in [-0.25, -0.2) is 0 Å². The molecule has 1 heterocycles. The summed E-state index contributed by atoms with van der Waals surface area (Å²) in [5.74, 6) is -0.958. The number of amides is 1. The lowest BCUT2D eigenvalue weighted by Gasteiger charge is -2.14. The van der Waals surface area contributed by atoms with Crippen molar-refractivity contribution in [1.29, 1.82) is 0 Å². The number of pyridine rings is 1. The lowest BCUT2D eigenvalue weighted by molar-refractivity contribution is -0.137. The van der Waals surface area contributed by atoms with Gasteiger partial charge in [0.15, 0.2) is 0 Å². The van der Waals surface area contributed by atoms with E-state index >= 15 is 0 Å². The maximum Gasteiger partial charge on any atom is 0.305 e. The molecule has 92 valence electrons. The molecule has 1 aromatic heterocycles. The number of aliphatic carboxylic acids is 1. The summed E-state index contributed by atoms with van der Waals surface area (Å²) in [7, 11) is 0. The first-order chi connectivity index (χ1) is 8.70. The summed E-state index contributed by atoms with van der Waals surface area (Å²) in [6.45, 7) is 0. The minimum Gasteiger partial charge on any atom is -0.481 e. The molecule has 0 aliphatic carbocycles. The summed E-state index contributed by atoms with van der Waals surface area (Å²) < 4.78 is 0. The SMILES string of the molecule is O=CN[C@H](CC(=O)O)c1ccc2ncccc2c1. The second-order valence-electron chi connectivity index (χ2n) is 3.89. The van der Waals surface area contributed by atoms with Gasteiger partial charge in [0.05, 0.1) is 18.0 Å². The fraction of sp³-hybridized carbons (Fsp3) is 0.154. The van der Waals surface area contributed by atoms with Crippen LogP contribution in [0, 0.1) is 0 Å². The van der Waals surface area contributed by atoms with Gasteiger partial charge in [0.2, 0.25) is 6.41 Å². The first-order valence-electron chi connectivity index (χ1n) is 5.47. The Morgan fingerprint density at radius 3 is 3.00 bits per heavy atom. The van der Waals surface area contributed by atoms with Gasteiger partial charge in [-0.3, -0.25) is 14.6 Å². The van der Waals surface area contributed by atoms with Crippen LogP contribution >= 0.6 is 0 Å². The molecule has 0 saturated heterocycles. The van der Waals surface area contributed by atoms with Gasteiger partial charge < -0.3 is 10.4 Å².